The Bertz CT molecular complexity index is 462. The zero-order valence-electron chi connectivity index (χ0n) is 12.6. The van der Waals surface area contributed by atoms with Crippen molar-refractivity contribution in [1.82, 2.24) is 9.80 Å². The molecule has 1 amide bonds. The maximum atomic E-state index is 12.4. The van der Waals surface area contributed by atoms with Gasteiger partial charge in [0.25, 0.3) is 5.91 Å². The smallest absolute Gasteiger partial charge is 0.257 e. The van der Waals surface area contributed by atoms with Crippen molar-refractivity contribution in [3.8, 4) is 0 Å². The molecule has 0 spiro atoms. The van der Waals surface area contributed by atoms with Crippen LogP contribution < -0.4 is 0 Å². The van der Waals surface area contributed by atoms with Gasteiger partial charge in [-0.15, -0.1) is 0 Å². The summed E-state index contributed by atoms with van der Waals surface area (Å²) in [7, 11) is 0. The lowest BCUT2D eigenvalue weighted by atomic mass is 10.2. The third-order valence-electron chi connectivity index (χ3n) is 3.87. The second-order valence-corrected chi connectivity index (χ2v) is 5.48. The average molecular weight is 280 g/mol. The second-order valence-electron chi connectivity index (χ2n) is 5.48. The van der Waals surface area contributed by atoms with Gasteiger partial charge in [-0.05, 0) is 26.3 Å². The van der Waals surface area contributed by atoms with Crippen molar-refractivity contribution in [2.75, 3.05) is 32.7 Å². The fraction of sp³-hybridized carbons (Fsp3) is 0.667. The number of hydrogen-bond donors (Lipinski definition) is 1. The van der Waals surface area contributed by atoms with Gasteiger partial charge in [-0.1, -0.05) is 6.92 Å². The van der Waals surface area contributed by atoms with E-state index in [4.69, 9.17) is 4.42 Å². The Kier molecular flexibility index (Phi) is 4.83. The molecule has 1 atom stereocenters. The summed E-state index contributed by atoms with van der Waals surface area (Å²) in [6.07, 6.45) is 0.503. The molecule has 0 aromatic carbocycles. The number of piperazine rings is 1. The van der Waals surface area contributed by atoms with E-state index >= 15 is 0 Å². The van der Waals surface area contributed by atoms with Gasteiger partial charge >= 0.3 is 0 Å². The number of carbonyl (C=O) groups excluding carboxylic acids is 1. The molecule has 20 heavy (non-hydrogen) atoms. The Morgan fingerprint density at radius 1 is 1.35 bits per heavy atom. The van der Waals surface area contributed by atoms with Gasteiger partial charge in [0.05, 0.1) is 11.7 Å². The molecule has 1 aromatic heterocycles. The molecule has 112 valence electrons. The fourth-order valence-electron chi connectivity index (χ4n) is 2.57. The van der Waals surface area contributed by atoms with Crippen LogP contribution in [0.4, 0.5) is 0 Å². The summed E-state index contributed by atoms with van der Waals surface area (Å²) in [5.74, 6) is 1.52. The largest absolute Gasteiger partial charge is 0.466 e. The van der Waals surface area contributed by atoms with Crippen LogP contribution in [0.25, 0.3) is 0 Å². The summed E-state index contributed by atoms with van der Waals surface area (Å²) >= 11 is 0. The molecule has 0 saturated carbocycles. The minimum Gasteiger partial charge on any atom is -0.466 e. The number of rotatable bonds is 4. The number of aliphatic hydroxyl groups excluding tert-OH is 1. The molecule has 0 radical (unpaired) electrons. The van der Waals surface area contributed by atoms with Crippen molar-refractivity contribution in [2.24, 2.45) is 0 Å². The summed E-state index contributed by atoms with van der Waals surface area (Å²) in [6, 6.07) is 1.81. The molecule has 5 nitrogen and oxygen atoms in total. The Hall–Kier alpha value is -1.33. The minimum atomic E-state index is -0.268. The SMILES string of the molecule is CCC(O)CN1CCN(C(=O)c2cc(C)oc2C)CC1. The molecule has 0 aliphatic carbocycles. The molecule has 1 unspecified atom stereocenters. The third kappa shape index (κ3) is 3.41. The highest BCUT2D eigenvalue weighted by molar-refractivity contribution is 5.95. The number of aliphatic hydroxyl groups is 1. The summed E-state index contributed by atoms with van der Waals surface area (Å²) in [5.41, 5.74) is 0.671. The van der Waals surface area contributed by atoms with Gasteiger partial charge in [-0.3, -0.25) is 9.69 Å². The number of nitrogens with zero attached hydrogens (tertiary/aromatic N) is 2. The van der Waals surface area contributed by atoms with E-state index in [1.54, 1.807) is 0 Å². The van der Waals surface area contributed by atoms with Crippen LogP contribution in [-0.4, -0.2) is 59.6 Å². The highest BCUT2D eigenvalue weighted by Gasteiger charge is 2.25. The molecule has 1 aromatic rings. The lowest BCUT2D eigenvalue weighted by molar-refractivity contribution is 0.0522. The highest BCUT2D eigenvalue weighted by Crippen LogP contribution is 2.17. The second kappa shape index (κ2) is 6.41. The van der Waals surface area contributed by atoms with Crippen LogP contribution in [0, 0.1) is 13.8 Å². The minimum absolute atomic E-state index is 0.0510. The van der Waals surface area contributed by atoms with Crippen LogP contribution in [0.15, 0.2) is 10.5 Å². The summed E-state index contributed by atoms with van der Waals surface area (Å²) in [5, 5.41) is 9.67. The topological polar surface area (TPSA) is 56.9 Å². The number of hydrogen-bond acceptors (Lipinski definition) is 4. The maximum absolute atomic E-state index is 12.4. The van der Waals surface area contributed by atoms with Gasteiger partial charge in [0, 0.05) is 32.7 Å². The molecule has 2 rings (SSSR count). The molecule has 2 heterocycles. The van der Waals surface area contributed by atoms with Gasteiger partial charge in [0.1, 0.15) is 11.5 Å². The van der Waals surface area contributed by atoms with E-state index in [-0.39, 0.29) is 12.0 Å². The zero-order valence-corrected chi connectivity index (χ0v) is 12.6. The maximum Gasteiger partial charge on any atom is 0.257 e. The molecule has 1 aliphatic rings. The van der Waals surface area contributed by atoms with Gasteiger partial charge in [0.15, 0.2) is 0 Å². The normalized spacial score (nSPS) is 18.3. The van der Waals surface area contributed by atoms with E-state index in [1.165, 1.54) is 0 Å². The van der Waals surface area contributed by atoms with E-state index in [0.717, 1.165) is 25.3 Å². The first-order chi connectivity index (χ1) is 9.51. The first kappa shape index (κ1) is 15.1. The molecule has 1 saturated heterocycles. The van der Waals surface area contributed by atoms with Crippen LogP contribution in [0.5, 0.6) is 0 Å². The van der Waals surface area contributed by atoms with Crippen molar-refractivity contribution < 1.29 is 14.3 Å². The number of aryl methyl sites for hydroxylation is 2. The Morgan fingerprint density at radius 3 is 2.50 bits per heavy atom. The number of β-amino-alcohol motifs (C(OH)–C–C–N with tert-alkyl or cyclic N) is 1. The molecule has 5 heteroatoms. The standard InChI is InChI=1S/C15H24N2O3/c1-4-13(18)10-16-5-7-17(8-6-16)15(19)14-9-11(2)20-12(14)3/h9,13,18H,4-8,10H2,1-3H3. The number of amides is 1. The molecular formula is C15H24N2O3. The van der Waals surface area contributed by atoms with Gasteiger partial charge in [0.2, 0.25) is 0 Å². The third-order valence-corrected chi connectivity index (χ3v) is 3.87. The summed E-state index contributed by atoms with van der Waals surface area (Å²) in [6.45, 7) is 9.41. The molecular weight excluding hydrogens is 256 g/mol. The van der Waals surface area contributed by atoms with Gasteiger partial charge in [-0.2, -0.15) is 0 Å². The van der Waals surface area contributed by atoms with Crippen LogP contribution >= 0.6 is 0 Å². The lowest BCUT2D eigenvalue weighted by Crippen LogP contribution is -2.50. The van der Waals surface area contributed by atoms with E-state index < -0.39 is 0 Å². The highest BCUT2D eigenvalue weighted by atomic mass is 16.3. The predicted octanol–water partition coefficient (Wildman–Crippen LogP) is 1.43. The zero-order chi connectivity index (χ0) is 14.7. The van der Waals surface area contributed by atoms with Crippen molar-refractivity contribution >= 4 is 5.91 Å². The van der Waals surface area contributed by atoms with E-state index in [2.05, 4.69) is 4.90 Å². The monoisotopic (exact) mass is 280 g/mol. The summed E-state index contributed by atoms with van der Waals surface area (Å²) in [4.78, 5) is 16.5. The molecule has 0 bridgehead atoms. The first-order valence-electron chi connectivity index (χ1n) is 7.28. The van der Waals surface area contributed by atoms with Crippen molar-refractivity contribution in [1.29, 1.82) is 0 Å². The van der Waals surface area contributed by atoms with Crippen LogP contribution in [0.3, 0.4) is 0 Å². The fourth-order valence-corrected chi connectivity index (χ4v) is 2.57. The Labute approximate surface area is 120 Å². The Balaban J connectivity index is 1.90. The lowest BCUT2D eigenvalue weighted by Gasteiger charge is -2.35. The number of furan rings is 1. The van der Waals surface area contributed by atoms with E-state index in [9.17, 15) is 9.90 Å². The van der Waals surface area contributed by atoms with E-state index in [1.807, 2.05) is 31.7 Å². The van der Waals surface area contributed by atoms with Crippen LogP contribution in [0.2, 0.25) is 0 Å². The van der Waals surface area contributed by atoms with E-state index in [0.29, 0.717) is 31.0 Å². The average Bonchev–Trinajstić information content (AvgIpc) is 2.77. The van der Waals surface area contributed by atoms with Crippen LogP contribution in [0.1, 0.15) is 35.2 Å². The molecule has 1 aliphatic heterocycles. The molecule has 1 fully saturated rings. The van der Waals surface area contributed by atoms with Crippen molar-refractivity contribution in [3.63, 3.8) is 0 Å². The van der Waals surface area contributed by atoms with Gasteiger partial charge < -0.3 is 14.4 Å². The van der Waals surface area contributed by atoms with Crippen LogP contribution in [-0.2, 0) is 0 Å². The molecule has 1 N–H and O–H groups in total. The quantitative estimate of drug-likeness (QED) is 0.906. The van der Waals surface area contributed by atoms with Crippen molar-refractivity contribution in [3.05, 3.63) is 23.2 Å². The Morgan fingerprint density at radius 2 is 2.00 bits per heavy atom. The number of carbonyl (C=O) groups is 1. The van der Waals surface area contributed by atoms with Gasteiger partial charge in [-0.25, -0.2) is 0 Å². The van der Waals surface area contributed by atoms with Crippen molar-refractivity contribution in [2.45, 2.75) is 33.3 Å². The first-order valence-corrected chi connectivity index (χ1v) is 7.28. The summed E-state index contributed by atoms with van der Waals surface area (Å²) < 4.78 is 5.42. The predicted molar refractivity (Wildman–Crippen MR) is 76.8 cm³/mol.